The number of fused-ring (bicyclic) bond motifs is 1. The monoisotopic (exact) mass is 520 g/mol. The van der Waals surface area contributed by atoms with Crippen molar-refractivity contribution in [2.75, 3.05) is 27.2 Å². The van der Waals surface area contributed by atoms with Gasteiger partial charge in [0.15, 0.2) is 5.96 Å². The number of para-hydroxylation sites is 1. The van der Waals surface area contributed by atoms with Gasteiger partial charge in [0.1, 0.15) is 11.3 Å². The smallest absolute Gasteiger partial charge is 0.251 e. The minimum absolute atomic E-state index is 0. The van der Waals surface area contributed by atoms with Crippen LogP contribution in [0.25, 0.3) is 11.0 Å². The van der Waals surface area contributed by atoms with E-state index in [0.717, 1.165) is 41.2 Å². The largest absolute Gasteiger partial charge is 0.459 e. The average Bonchev–Trinajstić information content (AvgIpc) is 3.15. The molecule has 3 aromatic rings. The SMILES string of the molecule is CCNC(=NCCc1cccc(C(=O)NC)c1)N(C)Cc1cc2ccccc2o1.I. The van der Waals surface area contributed by atoms with Crippen LogP contribution in [-0.4, -0.2) is 44.0 Å². The number of guanidine groups is 1. The van der Waals surface area contributed by atoms with Crippen molar-refractivity contribution in [1.82, 2.24) is 15.5 Å². The summed E-state index contributed by atoms with van der Waals surface area (Å²) in [4.78, 5) is 18.6. The van der Waals surface area contributed by atoms with Gasteiger partial charge in [0.25, 0.3) is 5.91 Å². The molecule has 7 heteroatoms. The molecule has 6 nitrogen and oxygen atoms in total. The van der Waals surface area contributed by atoms with E-state index in [-0.39, 0.29) is 29.9 Å². The molecule has 1 aromatic heterocycles. The van der Waals surface area contributed by atoms with Gasteiger partial charge in [-0.25, -0.2) is 0 Å². The fourth-order valence-corrected chi connectivity index (χ4v) is 3.20. The summed E-state index contributed by atoms with van der Waals surface area (Å²) in [5.41, 5.74) is 2.65. The maximum Gasteiger partial charge on any atom is 0.251 e. The minimum atomic E-state index is -0.0748. The number of benzene rings is 2. The molecule has 0 bridgehead atoms. The third kappa shape index (κ3) is 6.22. The summed E-state index contributed by atoms with van der Waals surface area (Å²) in [6.45, 7) is 4.10. The molecule has 0 radical (unpaired) electrons. The lowest BCUT2D eigenvalue weighted by molar-refractivity contribution is 0.0963. The number of carbonyl (C=O) groups is 1. The molecular weight excluding hydrogens is 491 g/mol. The predicted molar refractivity (Wildman–Crippen MR) is 133 cm³/mol. The highest BCUT2D eigenvalue weighted by Gasteiger charge is 2.10. The third-order valence-corrected chi connectivity index (χ3v) is 4.64. The van der Waals surface area contributed by atoms with Crippen LogP contribution in [0, 0.1) is 0 Å². The molecule has 2 N–H and O–H groups in total. The van der Waals surface area contributed by atoms with Crippen LogP contribution in [0.5, 0.6) is 0 Å². The second kappa shape index (κ2) is 11.6. The van der Waals surface area contributed by atoms with E-state index in [4.69, 9.17) is 9.41 Å². The zero-order valence-corrected chi connectivity index (χ0v) is 20.0. The van der Waals surface area contributed by atoms with Gasteiger partial charge in [0.05, 0.1) is 6.54 Å². The van der Waals surface area contributed by atoms with Gasteiger partial charge in [-0.15, -0.1) is 24.0 Å². The molecule has 1 amide bonds. The van der Waals surface area contributed by atoms with Gasteiger partial charge >= 0.3 is 0 Å². The molecule has 0 aliphatic carbocycles. The molecule has 3 rings (SSSR count). The molecule has 2 aromatic carbocycles. The fraction of sp³-hybridized carbons (Fsp3) is 0.304. The number of hydrogen-bond donors (Lipinski definition) is 2. The van der Waals surface area contributed by atoms with E-state index in [0.29, 0.717) is 18.7 Å². The lowest BCUT2D eigenvalue weighted by atomic mass is 10.1. The van der Waals surface area contributed by atoms with Crippen molar-refractivity contribution >= 4 is 46.8 Å². The highest BCUT2D eigenvalue weighted by Crippen LogP contribution is 2.19. The Bertz CT molecular complexity index is 967. The molecule has 0 spiro atoms. The number of hydrogen-bond acceptors (Lipinski definition) is 3. The number of nitrogens with one attached hydrogen (secondary N) is 2. The molecule has 0 aliphatic rings. The summed E-state index contributed by atoms with van der Waals surface area (Å²) >= 11 is 0. The molecular formula is C23H29IN4O2. The molecule has 0 aliphatic heterocycles. The topological polar surface area (TPSA) is 69.9 Å². The Labute approximate surface area is 194 Å². The zero-order valence-electron chi connectivity index (χ0n) is 17.6. The Balaban J connectivity index is 0.00000320. The highest BCUT2D eigenvalue weighted by molar-refractivity contribution is 14.0. The summed E-state index contributed by atoms with van der Waals surface area (Å²) in [5.74, 6) is 1.65. The maximum absolute atomic E-state index is 11.8. The summed E-state index contributed by atoms with van der Waals surface area (Å²) in [5, 5.41) is 7.09. The molecule has 0 atom stereocenters. The average molecular weight is 520 g/mol. The first-order valence-electron chi connectivity index (χ1n) is 9.88. The molecule has 160 valence electrons. The third-order valence-electron chi connectivity index (χ3n) is 4.64. The molecule has 0 saturated heterocycles. The van der Waals surface area contributed by atoms with Crippen LogP contribution in [-0.2, 0) is 13.0 Å². The van der Waals surface area contributed by atoms with Crippen LogP contribution in [0.3, 0.4) is 0 Å². The number of aliphatic imine (C=N–C) groups is 1. The van der Waals surface area contributed by atoms with Gasteiger partial charge < -0.3 is 20.0 Å². The van der Waals surface area contributed by atoms with Gasteiger partial charge in [-0.1, -0.05) is 30.3 Å². The van der Waals surface area contributed by atoms with Crippen molar-refractivity contribution < 1.29 is 9.21 Å². The number of nitrogens with zero attached hydrogens (tertiary/aromatic N) is 2. The molecule has 0 saturated carbocycles. The van der Waals surface area contributed by atoms with Gasteiger partial charge in [-0.2, -0.15) is 0 Å². The lowest BCUT2D eigenvalue weighted by Crippen LogP contribution is -2.38. The summed E-state index contributed by atoms with van der Waals surface area (Å²) in [6, 6.07) is 17.7. The van der Waals surface area contributed by atoms with E-state index in [1.807, 2.05) is 49.5 Å². The van der Waals surface area contributed by atoms with Gasteiger partial charge in [-0.05, 0) is 43.2 Å². The van der Waals surface area contributed by atoms with Crippen molar-refractivity contribution in [3.05, 3.63) is 71.5 Å². The number of furan rings is 1. The van der Waals surface area contributed by atoms with Crippen LogP contribution in [0.2, 0.25) is 0 Å². The summed E-state index contributed by atoms with van der Waals surface area (Å²) in [7, 11) is 3.64. The van der Waals surface area contributed by atoms with Crippen molar-refractivity contribution in [2.45, 2.75) is 19.9 Å². The standard InChI is InChI=1S/C23H28N4O2.HI/c1-4-25-23(26-13-12-17-8-7-10-19(14-17)22(28)24-2)27(3)16-20-15-18-9-5-6-11-21(18)29-20;/h5-11,14-15H,4,12-13,16H2,1-3H3,(H,24,28)(H,25,26);1H. The Hall–Kier alpha value is -2.55. The predicted octanol–water partition coefficient (Wildman–Crippen LogP) is 4.05. The Morgan fingerprint density at radius 3 is 2.67 bits per heavy atom. The van der Waals surface area contributed by atoms with Gasteiger partial charge in [-0.3, -0.25) is 9.79 Å². The first-order chi connectivity index (χ1) is 14.1. The van der Waals surface area contributed by atoms with Crippen molar-refractivity contribution in [1.29, 1.82) is 0 Å². The number of amides is 1. The van der Waals surface area contributed by atoms with Gasteiger partial charge in [0, 0.05) is 38.1 Å². The Morgan fingerprint density at radius 2 is 1.93 bits per heavy atom. The van der Waals surface area contributed by atoms with Crippen LogP contribution in [0.15, 0.2) is 64.0 Å². The zero-order chi connectivity index (χ0) is 20.6. The molecule has 0 fully saturated rings. The Morgan fingerprint density at radius 1 is 1.13 bits per heavy atom. The van der Waals surface area contributed by atoms with Crippen molar-refractivity contribution in [3.63, 3.8) is 0 Å². The number of halogens is 1. The minimum Gasteiger partial charge on any atom is -0.459 e. The van der Waals surface area contributed by atoms with E-state index in [1.165, 1.54) is 0 Å². The van der Waals surface area contributed by atoms with E-state index in [1.54, 1.807) is 7.05 Å². The highest BCUT2D eigenvalue weighted by atomic mass is 127. The van der Waals surface area contributed by atoms with Crippen LogP contribution >= 0.6 is 24.0 Å². The van der Waals surface area contributed by atoms with Crippen LogP contribution < -0.4 is 10.6 Å². The van der Waals surface area contributed by atoms with Crippen molar-refractivity contribution in [3.8, 4) is 0 Å². The number of carbonyl (C=O) groups excluding carboxylic acids is 1. The molecule has 0 unspecified atom stereocenters. The lowest BCUT2D eigenvalue weighted by Gasteiger charge is -2.21. The first-order valence-corrected chi connectivity index (χ1v) is 9.88. The maximum atomic E-state index is 11.8. The summed E-state index contributed by atoms with van der Waals surface area (Å²) in [6.07, 6.45) is 0.762. The van der Waals surface area contributed by atoms with E-state index >= 15 is 0 Å². The van der Waals surface area contributed by atoms with Crippen molar-refractivity contribution in [2.24, 2.45) is 4.99 Å². The van der Waals surface area contributed by atoms with E-state index < -0.39 is 0 Å². The van der Waals surface area contributed by atoms with Crippen LogP contribution in [0.1, 0.15) is 28.6 Å². The van der Waals surface area contributed by atoms with Crippen LogP contribution in [0.4, 0.5) is 0 Å². The van der Waals surface area contributed by atoms with E-state index in [2.05, 4.69) is 34.6 Å². The first kappa shape index (κ1) is 23.7. The van der Waals surface area contributed by atoms with Gasteiger partial charge in [0.2, 0.25) is 0 Å². The second-order valence-corrected chi connectivity index (χ2v) is 6.87. The van der Waals surface area contributed by atoms with E-state index in [9.17, 15) is 4.79 Å². The fourth-order valence-electron chi connectivity index (χ4n) is 3.20. The summed E-state index contributed by atoms with van der Waals surface area (Å²) < 4.78 is 5.92. The number of rotatable bonds is 7. The normalized spacial score (nSPS) is 11.1. The Kier molecular flexibility index (Phi) is 9.16. The second-order valence-electron chi connectivity index (χ2n) is 6.87. The quantitative estimate of drug-likeness (QED) is 0.280. The molecule has 30 heavy (non-hydrogen) atoms. The molecule has 1 heterocycles.